The SMILES string of the molecule is Cc1ccc(C)c(C(=O)COc2ccccc2C(N)=O)c1. The van der Waals surface area contributed by atoms with E-state index in [-0.39, 0.29) is 18.0 Å². The lowest BCUT2D eigenvalue weighted by Gasteiger charge is -2.10. The van der Waals surface area contributed by atoms with Crippen LogP contribution >= 0.6 is 0 Å². The Morgan fingerprint density at radius 1 is 1.05 bits per heavy atom. The number of carbonyl (C=O) groups is 2. The molecule has 0 radical (unpaired) electrons. The molecule has 4 heteroatoms. The summed E-state index contributed by atoms with van der Waals surface area (Å²) < 4.78 is 5.46. The third-order valence-corrected chi connectivity index (χ3v) is 3.20. The summed E-state index contributed by atoms with van der Waals surface area (Å²) in [6.45, 7) is 3.68. The highest BCUT2D eigenvalue weighted by Crippen LogP contribution is 2.18. The van der Waals surface area contributed by atoms with Gasteiger partial charge in [0.25, 0.3) is 5.91 Å². The molecule has 0 bridgehead atoms. The molecule has 0 spiro atoms. The molecule has 2 aromatic rings. The Morgan fingerprint density at radius 3 is 2.48 bits per heavy atom. The zero-order chi connectivity index (χ0) is 15.4. The fourth-order valence-corrected chi connectivity index (χ4v) is 2.05. The molecule has 0 saturated carbocycles. The smallest absolute Gasteiger partial charge is 0.252 e. The first-order valence-corrected chi connectivity index (χ1v) is 6.61. The van der Waals surface area contributed by atoms with Gasteiger partial charge in [-0.15, -0.1) is 0 Å². The van der Waals surface area contributed by atoms with E-state index in [4.69, 9.17) is 10.5 Å². The number of hydrogen-bond acceptors (Lipinski definition) is 3. The standard InChI is InChI=1S/C17H17NO3/c1-11-7-8-12(2)14(9-11)15(19)10-21-16-6-4-3-5-13(16)17(18)20/h3-9H,10H2,1-2H3,(H2,18,20). The normalized spacial score (nSPS) is 10.2. The van der Waals surface area contributed by atoms with E-state index in [2.05, 4.69) is 0 Å². The van der Waals surface area contributed by atoms with Gasteiger partial charge in [-0.2, -0.15) is 0 Å². The second-order valence-corrected chi connectivity index (χ2v) is 4.89. The lowest BCUT2D eigenvalue weighted by atomic mass is 10.0. The van der Waals surface area contributed by atoms with Crippen LogP contribution in [0, 0.1) is 13.8 Å². The zero-order valence-electron chi connectivity index (χ0n) is 12.1. The fourth-order valence-electron chi connectivity index (χ4n) is 2.05. The Bertz CT molecular complexity index is 692. The number of Topliss-reactive ketones (excluding diaryl/α,β-unsaturated/α-hetero) is 1. The van der Waals surface area contributed by atoms with Gasteiger partial charge in [0.2, 0.25) is 0 Å². The number of rotatable bonds is 5. The highest BCUT2D eigenvalue weighted by atomic mass is 16.5. The molecule has 0 aliphatic heterocycles. The number of ketones is 1. The minimum absolute atomic E-state index is 0.129. The van der Waals surface area contributed by atoms with Gasteiger partial charge in [0.05, 0.1) is 5.56 Å². The fraction of sp³-hybridized carbons (Fsp3) is 0.176. The summed E-state index contributed by atoms with van der Waals surface area (Å²) in [4.78, 5) is 23.5. The molecule has 0 unspecified atom stereocenters. The van der Waals surface area contributed by atoms with Crippen molar-refractivity contribution < 1.29 is 14.3 Å². The van der Waals surface area contributed by atoms with E-state index in [1.54, 1.807) is 24.3 Å². The van der Waals surface area contributed by atoms with Crippen molar-refractivity contribution in [3.63, 3.8) is 0 Å². The summed E-state index contributed by atoms with van der Waals surface area (Å²) >= 11 is 0. The largest absolute Gasteiger partial charge is 0.485 e. The molecule has 0 saturated heterocycles. The number of aryl methyl sites for hydroxylation is 2. The van der Waals surface area contributed by atoms with E-state index in [0.717, 1.165) is 11.1 Å². The molecule has 1 amide bonds. The molecule has 2 aromatic carbocycles. The van der Waals surface area contributed by atoms with Crippen LogP contribution in [0.4, 0.5) is 0 Å². The second-order valence-electron chi connectivity index (χ2n) is 4.89. The molecular weight excluding hydrogens is 266 g/mol. The molecule has 4 nitrogen and oxygen atoms in total. The van der Waals surface area contributed by atoms with Crippen LogP contribution in [0.1, 0.15) is 31.8 Å². The van der Waals surface area contributed by atoms with E-state index >= 15 is 0 Å². The molecule has 108 valence electrons. The molecule has 2 N–H and O–H groups in total. The van der Waals surface area contributed by atoms with Gasteiger partial charge >= 0.3 is 0 Å². The Labute approximate surface area is 123 Å². The van der Waals surface area contributed by atoms with Crippen molar-refractivity contribution in [2.45, 2.75) is 13.8 Å². The van der Waals surface area contributed by atoms with Crippen LogP contribution in [0.25, 0.3) is 0 Å². The third kappa shape index (κ3) is 3.48. The first-order valence-electron chi connectivity index (χ1n) is 6.61. The van der Waals surface area contributed by atoms with E-state index in [1.807, 2.05) is 32.0 Å². The molecule has 0 fully saturated rings. The van der Waals surface area contributed by atoms with E-state index < -0.39 is 5.91 Å². The molecule has 2 rings (SSSR count). The monoisotopic (exact) mass is 283 g/mol. The number of nitrogens with two attached hydrogens (primary N) is 1. The molecule has 0 atom stereocenters. The van der Waals surface area contributed by atoms with E-state index in [0.29, 0.717) is 11.3 Å². The number of amides is 1. The summed E-state index contributed by atoms with van der Waals surface area (Å²) in [5.41, 5.74) is 8.09. The minimum Gasteiger partial charge on any atom is -0.485 e. The third-order valence-electron chi connectivity index (χ3n) is 3.20. The molecular formula is C17H17NO3. The van der Waals surface area contributed by atoms with Gasteiger partial charge in [-0.3, -0.25) is 9.59 Å². The van der Waals surface area contributed by atoms with Crippen LogP contribution in [0.3, 0.4) is 0 Å². The first-order chi connectivity index (χ1) is 9.99. The van der Waals surface area contributed by atoms with E-state index in [1.165, 1.54) is 0 Å². The predicted molar refractivity (Wildman–Crippen MR) is 80.7 cm³/mol. The minimum atomic E-state index is -0.579. The zero-order valence-corrected chi connectivity index (χ0v) is 12.1. The number of benzene rings is 2. The van der Waals surface area contributed by atoms with Crippen LogP contribution < -0.4 is 10.5 Å². The number of hydrogen-bond donors (Lipinski definition) is 1. The number of ether oxygens (including phenoxy) is 1. The lowest BCUT2D eigenvalue weighted by Crippen LogP contribution is -2.17. The van der Waals surface area contributed by atoms with Crippen LogP contribution in [0.5, 0.6) is 5.75 Å². The Hall–Kier alpha value is -2.62. The number of para-hydroxylation sites is 1. The predicted octanol–water partition coefficient (Wildman–Crippen LogP) is 2.66. The average molecular weight is 283 g/mol. The highest BCUT2D eigenvalue weighted by molar-refractivity contribution is 5.99. The van der Waals surface area contributed by atoms with Crippen molar-refractivity contribution in [2.24, 2.45) is 5.73 Å². The molecule has 0 aromatic heterocycles. The van der Waals surface area contributed by atoms with Crippen LogP contribution in [-0.4, -0.2) is 18.3 Å². The van der Waals surface area contributed by atoms with Gasteiger partial charge in [-0.05, 0) is 37.6 Å². The topological polar surface area (TPSA) is 69.4 Å². The van der Waals surface area contributed by atoms with Gasteiger partial charge in [0, 0.05) is 5.56 Å². The number of carbonyl (C=O) groups excluding carboxylic acids is 2. The summed E-state index contributed by atoms with van der Waals surface area (Å²) in [6.07, 6.45) is 0. The maximum absolute atomic E-state index is 12.2. The van der Waals surface area contributed by atoms with Crippen molar-refractivity contribution in [2.75, 3.05) is 6.61 Å². The Morgan fingerprint density at radius 2 is 1.76 bits per heavy atom. The van der Waals surface area contributed by atoms with E-state index in [9.17, 15) is 9.59 Å². The first kappa shape index (κ1) is 14.8. The van der Waals surface area contributed by atoms with Crippen LogP contribution in [0.15, 0.2) is 42.5 Å². The maximum Gasteiger partial charge on any atom is 0.252 e. The maximum atomic E-state index is 12.2. The second kappa shape index (κ2) is 6.22. The van der Waals surface area contributed by atoms with Crippen molar-refractivity contribution in [3.05, 3.63) is 64.7 Å². The van der Waals surface area contributed by atoms with Gasteiger partial charge < -0.3 is 10.5 Å². The van der Waals surface area contributed by atoms with Gasteiger partial charge in [0.15, 0.2) is 12.4 Å². The molecule has 21 heavy (non-hydrogen) atoms. The highest BCUT2D eigenvalue weighted by Gasteiger charge is 2.13. The number of primary amides is 1. The van der Waals surface area contributed by atoms with Gasteiger partial charge in [-0.1, -0.05) is 29.8 Å². The molecule has 0 aliphatic rings. The Balaban J connectivity index is 2.15. The Kier molecular flexibility index (Phi) is 4.38. The van der Waals surface area contributed by atoms with Crippen molar-refractivity contribution in [1.82, 2.24) is 0 Å². The van der Waals surface area contributed by atoms with Crippen molar-refractivity contribution in [1.29, 1.82) is 0 Å². The molecule has 0 aliphatic carbocycles. The van der Waals surface area contributed by atoms with Crippen molar-refractivity contribution in [3.8, 4) is 5.75 Å². The van der Waals surface area contributed by atoms with Crippen LogP contribution in [0.2, 0.25) is 0 Å². The van der Waals surface area contributed by atoms with Crippen molar-refractivity contribution >= 4 is 11.7 Å². The summed E-state index contributed by atoms with van der Waals surface area (Å²) in [5.74, 6) is -0.385. The summed E-state index contributed by atoms with van der Waals surface area (Å²) in [6, 6.07) is 12.3. The molecule has 0 heterocycles. The van der Waals surface area contributed by atoms with Gasteiger partial charge in [0.1, 0.15) is 5.75 Å². The summed E-state index contributed by atoms with van der Waals surface area (Å²) in [5, 5.41) is 0. The summed E-state index contributed by atoms with van der Waals surface area (Å²) in [7, 11) is 0. The van der Waals surface area contributed by atoms with Crippen LogP contribution in [-0.2, 0) is 0 Å². The lowest BCUT2D eigenvalue weighted by molar-refractivity contribution is 0.0911. The van der Waals surface area contributed by atoms with Gasteiger partial charge in [-0.25, -0.2) is 0 Å². The average Bonchev–Trinajstić information content (AvgIpc) is 2.47. The quantitative estimate of drug-likeness (QED) is 0.858.